The van der Waals surface area contributed by atoms with Gasteiger partial charge < -0.3 is 15.5 Å². The van der Waals surface area contributed by atoms with Crippen molar-refractivity contribution >= 4 is 5.96 Å². The molecular formula is C19H36N4. The number of hydrogen-bond donors (Lipinski definition) is 2. The van der Waals surface area contributed by atoms with Crippen molar-refractivity contribution in [1.82, 2.24) is 15.5 Å². The molecule has 1 saturated heterocycles. The molecule has 0 aromatic heterocycles. The van der Waals surface area contributed by atoms with E-state index in [2.05, 4.69) is 33.5 Å². The predicted octanol–water partition coefficient (Wildman–Crippen LogP) is 3.16. The van der Waals surface area contributed by atoms with Crippen molar-refractivity contribution in [1.29, 1.82) is 0 Å². The van der Waals surface area contributed by atoms with E-state index in [9.17, 15) is 0 Å². The summed E-state index contributed by atoms with van der Waals surface area (Å²) in [6.45, 7) is 8.12. The first-order chi connectivity index (χ1) is 11.3. The third-order valence-corrected chi connectivity index (χ3v) is 5.15. The lowest BCUT2D eigenvalue weighted by Gasteiger charge is -2.32. The first-order valence-electron chi connectivity index (χ1n) is 9.66. The number of aliphatic imine (C=N–C) groups is 1. The van der Waals surface area contributed by atoms with E-state index in [1.54, 1.807) is 5.57 Å². The maximum Gasteiger partial charge on any atom is 0.190 e. The summed E-state index contributed by atoms with van der Waals surface area (Å²) in [5, 5.41) is 7.00. The van der Waals surface area contributed by atoms with Gasteiger partial charge in [-0.25, -0.2) is 0 Å². The van der Waals surface area contributed by atoms with Crippen molar-refractivity contribution in [3.05, 3.63) is 11.6 Å². The van der Waals surface area contributed by atoms with Crippen LogP contribution in [0.4, 0.5) is 0 Å². The van der Waals surface area contributed by atoms with Crippen molar-refractivity contribution in [2.24, 2.45) is 10.9 Å². The zero-order valence-corrected chi connectivity index (χ0v) is 15.2. The second kappa shape index (κ2) is 10.7. The summed E-state index contributed by atoms with van der Waals surface area (Å²) in [6, 6.07) is 0. The topological polar surface area (TPSA) is 39.7 Å². The van der Waals surface area contributed by atoms with Gasteiger partial charge in [0.1, 0.15) is 0 Å². The smallest absolute Gasteiger partial charge is 0.190 e. The number of guanidine groups is 1. The van der Waals surface area contributed by atoms with E-state index in [1.165, 1.54) is 64.6 Å². The van der Waals surface area contributed by atoms with Crippen LogP contribution in [0.3, 0.4) is 0 Å². The fourth-order valence-electron chi connectivity index (χ4n) is 3.67. The van der Waals surface area contributed by atoms with Crippen molar-refractivity contribution in [3.63, 3.8) is 0 Å². The van der Waals surface area contributed by atoms with Gasteiger partial charge in [0.25, 0.3) is 0 Å². The quantitative estimate of drug-likeness (QED) is 0.430. The molecule has 132 valence electrons. The van der Waals surface area contributed by atoms with Crippen LogP contribution in [0.25, 0.3) is 0 Å². The fraction of sp³-hybridized carbons (Fsp3) is 0.842. The minimum absolute atomic E-state index is 0.794. The Balaban J connectivity index is 1.59. The summed E-state index contributed by atoms with van der Waals surface area (Å²) >= 11 is 0. The molecule has 0 unspecified atom stereocenters. The van der Waals surface area contributed by atoms with Crippen molar-refractivity contribution < 1.29 is 0 Å². The van der Waals surface area contributed by atoms with Gasteiger partial charge in [0.2, 0.25) is 0 Å². The van der Waals surface area contributed by atoms with Crippen LogP contribution >= 0.6 is 0 Å². The summed E-state index contributed by atoms with van der Waals surface area (Å²) in [5.74, 6) is 1.76. The van der Waals surface area contributed by atoms with Crippen LogP contribution in [0, 0.1) is 5.92 Å². The van der Waals surface area contributed by atoms with Crippen LogP contribution in [-0.2, 0) is 0 Å². The Morgan fingerprint density at radius 1 is 1.26 bits per heavy atom. The summed E-state index contributed by atoms with van der Waals surface area (Å²) < 4.78 is 0. The van der Waals surface area contributed by atoms with E-state index in [4.69, 9.17) is 0 Å². The molecule has 0 aromatic carbocycles. The molecule has 0 amide bonds. The summed E-state index contributed by atoms with van der Waals surface area (Å²) in [5.41, 5.74) is 1.63. The summed E-state index contributed by atoms with van der Waals surface area (Å²) in [7, 11) is 1.87. The molecule has 0 bridgehead atoms. The van der Waals surface area contributed by atoms with Gasteiger partial charge in [0, 0.05) is 20.1 Å². The van der Waals surface area contributed by atoms with Gasteiger partial charge in [-0.15, -0.1) is 0 Å². The number of nitrogens with one attached hydrogen (secondary N) is 2. The van der Waals surface area contributed by atoms with Crippen LogP contribution in [0.5, 0.6) is 0 Å². The molecule has 1 fully saturated rings. The highest BCUT2D eigenvalue weighted by Crippen LogP contribution is 2.19. The first-order valence-corrected chi connectivity index (χ1v) is 9.66. The lowest BCUT2D eigenvalue weighted by atomic mass is 9.96. The maximum atomic E-state index is 4.36. The van der Waals surface area contributed by atoms with E-state index in [0.29, 0.717) is 0 Å². The third-order valence-electron chi connectivity index (χ3n) is 5.15. The molecule has 1 aliphatic carbocycles. The zero-order valence-electron chi connectivity index (χ0n) is 15.2. The van der Waals surface area contributed by atoms with Crippen molar-refractivity contribution in [2.45, 2.75) is 58.3 Å². The van der Waals surface area contributed by atoms with Crippen LogP contribution in [0.15, 0.2) is 16.6 Å². The molecule has 0 radical (unpaired) electrons. The van der Waals surface area contributed by atoms with Crippen LogP contribution in [0.1, 0.15) is 58.3 Å². The number of likely N-dealkylation sites (tertiary alicyclic amines) is 1. The number of allylic oxidation sites excluding steroid dienone is 1. The third kappa shape index (κ3) is 6.94. The van der Waals surface area contributed by atoms with Gasteiger partial charge in [-0.05, 0) is 76.9 Å². The molecule has 0 atom stereocenters. The molecule has 1 heterocycles. The standard InChI is InChI=1S/C19H36N4/c1-3-13-23-14-10-18(11-15-23)16-22-19(20-2)21-12-9-17-7-5-4-6-8-17/h7,18H,3-6,8-16H2,1-2H3,(H2,20,21,22). The largest absolute Gasteiger partial charge is 0.356 e. The minimum atomic E-state index is 0.794. The molecule has 0 aromatic rings. The minimum Gasteiger partial charge on any atom is -0.356 e. The molecule has 4 heteroatoms. The Morgan fingerprint density at radius 3 is 2.74 bits per heavy atom. The molecule has 2 rings (SSSR count). The van der Waals surface area contributed by atoms with Gasteiger partial charge in [-0.3, -0.25) is 4.99 Å². The fourth-order valence-corrected chi connectivity index (χ4v) is 3.67. The van der Waals surface area contributed by atoms with Crippen LogP contribution < -0.4 is 10.6 Å². The van der Waals surface area contributed by atoms with E-state index < -0.39 is 0 Å². The number of rotatable bonds is 7. The van der Waals surface area contributed by atoms with Gasteiger partial charge >= 0.3 is 0 Å². The Kier molecular flexibility index (Phi) is 8.51. The van der Waals surface area contributed by atoms with Gasteiger partial charge in [-0.2, -0.15) is 0 Å². The lowest BCUT2D eigenvalue weighted by Crippen LogP contribution is -2.43. The SMILES string of the molecule is CCCN1CCC(CNC(=NC)NCCC2=CCCCC2)CC1. The average Bonchev–Trinajstić information content (AvgIpc) is 2.60. The average molecular weight is 321 g/mol. The number of nitrogens with zero attached hydrogens (tertiary/aromatic N) is 2. The monoisotopic (exact) mass is 320 g/mol. The second-order valence-corrected chi connectivity index (χ2v) is 7.02. The van der Waals surface area contributed by atoms with Crippen molar-refractivity contribution in [3.8, 4) is 0 Å². The molecule has 4 nitrogen and oxygen atoms in total. The molecular weight excluding hydrogens is 284 g/mol. The maximum absolute atomic E-state index is 4.36. The Morgan fingerprint density at radius 2 is 2.09 bits per heavy atom. The normalized spacial score (nSPS) is 21.1. The molecule has 2 N–H and O–H groups in total. The highest BCUT2D eigenvalue weighted by molar-refractivity contribution is 5.79. The van der Waals surface area contributed by atoms with E-state index in [1.807, 2.05) is 7.05 Å². The van der Waals surface area contributed by atoms with Crippen molar-refractivity contribution in [2.75, 3.05) is 39.8 Å². The highest BCUT2D eigenvalue weighted by atomic mass is 15.2. The van der Waals surface area contributed by atoms with E-state index >= 15 is 0 Å². The highest BCUT2D eigenvalue weighted by Gasteiger charge is 2.18. The molecule has 23 heavy (non-hydrogen) atoms. The Hall–Kier alpha value is -1.03. The summed E-state index contributed by atoms with van der Waals surface area (Å²) in [6.07, 6.45) is 12.8. The summed E-state index contributed by atoms with van der Waals surface area (Å²) in [4.78, 5) is 6.96. The molecule has 0 spiro atoms. The van der Waals surface area contributed by atoms with Gasteiger partial charge in [0.15, 0.2) is 5.96 Å². The van der Waals surface area contributed by atoms with Crippen LogP contribution in [0.2, 0.25) is 0 Å². The Bertz CT molecular complexity index is 381. The lowest BCUT2D eigenvalue weighted by molar-refractivity contribution is 0.185. The predicted molar refractivity (Wildman–Crippen MR) is 100.0 cm³/mol. The van der Waals surface area contributed by atoms with E-state index in [-0.39, 0.29) is 0 Å². The van der Waals surface area contributed by atoms with E-state index in [0.717, 1.165) is 31.4 Å². The molecule has 2 aliphatic rings. The van der Waals surface area contributed by atoms with Gasteiger partial charge in [0.05, 0.1) is 0 Å². The zero-order chi connectivity index (χ0) is 16.3. The number of piperidine rings is 1. The Labute approximate surface area is 142 Å². The van der Waals surface area contributed by atoms with Crippen LogP contribution in [-0.4, -0.2) is 50.6 Å². The number of hydrogen-bond acceptors (Lipinski definition) is 2. The molecule has 1 aliphatic heterocycles. The first kappa shape index (κ1) is 18.3. The molecule has 0 saturated carbocycles. The van der Waals surface area contributed by atoms with Gasteiger partial charge in [-0.1, -0.05) is 18.6 Å². The second-order valence-electron chi connectivity index (χ2n) is 7.02.